The topological polar surface area (TPSA) is 121 Å². The lowest BCUT2D eigenvalue weighted by molar-refractivity contribution is -0.143. The molecule has 9 nitrogen and oxygen atoms in total. The number of hydrogen-bond acceptors (Lipinski definition) is 8. The van der Waals surface area contributed by atoms with E-state index in [1.54, 1.807) is 0 Å². The molecule has 2 heterocycles. The van der Waals surface area contributed by atoms with Crippen molar-refractivity contribution in [2.75, 3.05) is 25.6 Å². The number of carbonyl (C=O) groups excluding carboxylic acids is 2. The minimum Gasteiger partial charge on any atom is -0.391 e. The van der Waals surface area contributed by atoms with Gasteiger partial charge in [-0.15, -0.1) is 23.4 Å². The molecule has 5 N–H and O–H groups in total. The zero-order valence-electron chi connectivity index (χ0n) is 20.5. The average Bonchev–Trinajstić information content (AvgIpc) is 3.34. The summed E-state index contributed by atoms with van der Waals surface area (Å²) < 4.78 is 25.4. The molecule has 2 amide bonds. The van der Waals surface area contributed by atoms with E-state index in [0.29, 0.717) is 62.9 Å². The van der Waals surface area contributed by atoms with Gasteiger partial charge in [0.05, 0.1) is 28.5 Å². The van der Waals surface area contributed by atoms with Crippen molar-refractivity contribution in [1.29, 1.82) is 0 Å². The molecule has 6 fully saturated rings. The third-order valence-corrected chi connectivity index (χ3v) is 10.6. The summed E-state index contributed by atoms with van der Waals surface area (Å²) in [6.45, 7) is 0.476. The minimum absolute atomic E-state index is 0.0510. The molecule has 0 aromatic carbocycles. The lowest BCUT2D eigenvalue weighted by atomic mass is 9.60. The fourth-order valence-electron chi connectivity index (χ4n) is 6.58. The summed E-state index contributed by atoms with van der Waals surface area (Å²) >= 11 is 7.81. The van der Waals surface area contributed by atoms with E-state index < -0.39 is 28.7 Å². The average molecular weight is 549 g/mol. The van der Waals surface area contributed by atoms with Crippen LogP contribution in [0, 0.1) is 5.92 Å². The highest BCUT2D eigenvalue weighted by Crippen LogP contribution is 2.47. The summed E-state index contributed by atoms with van der Waals surface area (Å²) in [4.78, 5) is 25.4. The molecule has 0 aromatic rings. The maximum absolute atomic E-state index is 13.8. The first-order valence-electron chi connectivity index (χ1n) is 13.2. The van der Waals surface area contributed by atoms with Gasteiger partial charge < -0.3 is 25.2 Å². The molecule has 4 aliphatic carbocycles. The van der Waals surface area contributed by atoms with Crippen LogP contribution in [0.25, 0.3) is 0 Å². The molecule has 6 aliphatic rings. The van der Waals surface area contributed by atoms with E-state index in [4.69, 9.17) is 21.1 Å². The van der Waals surface area contributed by atoms with Crippen molar-refractivity contribution in [1.82, 2.24) is 21.3 Å². The Labute approximate surface area is 220 Å². The van der Waals surface area contributed by atoms with Crippen molar-refractivity contribution in [3.05, 3.63) is 0 Å². The Morgan fingerprint density at radius 2 is 1.81 bits per heavy atom. The molecule has 0 radical (unpaired) electrons. The molecule has 7 atom stereocenters. The number of rotatable bonds is 8. The SMILES string of the molecule is O=C(COC1CCC(Cl)C(F)C1)NC12CCC(NC(=O)COC3NCNC4SCCC34)(CC1)[C@@H](O)C2. The molecule has 2 aliphatic heterocycles. The van der Waals surface area contributed by atoms with Crippen LogP contribution >= 0.6 is 23.4 Å². The van der Waals surface area contributed by atoms with E-state index in [0.717, 1.165) is 12.2 Å². The van der Waals surface area contributed by atoms with Gasteiger partial charge in [-0.2, -0.15) is 0 Å². The fraction of sp³-hybridized carbons (Fsp3) is 0.917. The number of aliphatic hydroxyl groups is 1. The first-order chi connectivity index (χ1) is 17.3. The van der Waals surface area contributed by atoms with Crippen LogP contribution in [0.5, 0.6) is 0 Å². The van der Waals surface area contributed by atoms with Crippen molar-refractivity contribution in [2.24, 2.45) is 5.92 Å². The van der Waals surface area contributed by atoms with Crippen molar-refractivity contribution in [3.63, 3.8) is 0 Å². The van der Waals surface area contributed by atoms with E-state index in [1.807, 2.05) is 11.8 Å². The van der Waals surface area contributed by atoms with Gasteiger partial charge in [0.15, 0.2) is 0 Å². The monoisotopic (exact) mass is 548 g/mol. The van der Waals surface area contributed by atoms with Crippen LogP contribution in [0.4, 0.5) is 4.39 Å². The number of amides is 2. The summed E-state index contributed by atoms with van der Waals surface area (Å²) in [6.07, 6.45) is 2.99. The van der Waals surface area contributed by atoms with Crippen molar-refractivity contribution in [3.8, 4) is 0 Å². The van der Waals surface area contributed by atoms with Gasteiger partial charge in [0.1, 0.15) is 25.6 Å². The van der Waals surface area contributed by atoms with Gasteiger partial charge >= 0.3 is 0 Å². The molecular weight excluding hydrogens is 511 g/mol. The Bertz CT molecular complexity index is 819. The molecule has 6 unspecified atom stereocenters. The van der Waals surface area contributed by atoms with Gasteiger partial charge in [0.25, 0.3) is 0 Å². The van der Waals surface area contributed by atoms with E-state index in [9.17, 15) is 19.1 Å². The Morgan fingerprint density at radius 1 is 1.06 bits per heavy atom. The number of carbonyl (C=O) groups is 2. The third kappa shape index (κ3) is 5.82. The van der Waals surface area contributed by atoms with Gasteiger partial charge in [-0.25, -0.2) is 4.39 Å². The largest absolute Gasteiger partial charge is 0.391 e. The number of thioether (sulfide) groups is 1. The number of alkyl halides is 2. The zero-order chi connectivity index (χ0) is 25.3. The smallest absolute Gasteiger partial charge is 0.246 e. The van der Waals surface area contributed by atoms with E-state index in [1.165, 1.54) is 0 Å². The number of nitrogens with one attached hydrogen (secondary N) is 4. The highest BCUT2D eigenvalue weighted by Gasteiger charge is 2.55. The predicted octanol–water partition coefficient (Wildman–Crippen LogP) is 1.12. The van der Waals surface area contributed by atoms with Crippen LogP contribution in [0.2, 0.25) is 0 Å². The maximum Gasteiger partial charge on any atom is 0.246 e. The Balaban J connectivity index is 1.06. The number of ether oxygens (including phenoxy) is 2. The molecule has 4 saturated carbocycles. The standard InChI is InChI=1S/C24H38ClFN4O5S/c25-16-2-1-14(9-17(16)26)34-11-19(32)29-23-4-6-24(7-5-23,18(31)10-23)30-20(33)12-35-21-15-3-8-36-22(15)28-13-27-21/h14-18,21-22,27-28,31H,1-13H2,(H,29,32)(H,30,33)/t14?,15?,16?,17?,18-,21?,22?,23?,24?/m0/s1. The van der Waals surface area contributed by atoms with Gasteiger partial charge in [-0.3, -0.25) is 20.2 Å². The van der Waals surface area contributed by atoms with Crippen molar-refractivity contribution >= 4 is 35.2 Å². The molecule has 2 saturated heterocycles. The minimum atomic E-state index is -1.11. The second-order valence-corrected chi connectivity index (χ2v) is 12.9. The highest BCUT2D eigenvalue weighted by atomic mass is 35.5. The summed E-state index contributed by atoms with van der Waals surface area (Å²) in [6, 6.07) is 0. The van der Waals surface area contributed by atoms with Crippen LogP contribution in [0.3, 0.4) is 0 Å². The molecule has 0 aromatic heterocycles. The van der Waals surface area contributed by atoms with Gasteiger partial charge in [-0.1, -0.05) is 0 Å². The molecule has 204 valence electrons. The predicted molar refractivity (Wildman–Crippen MR) is 134 cm³/mol. The first-order valence-corrected chi connectivity index (χ1v) is 14.7. The van der Waals surface area contributed by atoms with Crippen molar-refractivity contribution < 1.29 is 28.6 Å². The maximum atomic E-state index is 13.8. The Morgan fingerprint density at radius 3 is 2.56 bits per heavy atom. The van der Waals surface area contributed by atoms with Gasteiger partial charge in [0.2, 0.25) is 11.8 Å². The Hall–Kier alpha value is -0.690. The van der Waals surface area contributed by atoms with E-state index in [-0.39, 0.29) is 43.8 Å². The number of hydrogen-bond donors (Lipinski definition) is 5. The number of aliphatic hydroxyl groups excluding tert-OH is 1. The van der Waals surface area contributed by atoms with Crippen LogP contribution < -0.4 is 21.3 Å². The zero-order valence-corrected chi connectivity index (χ0v) is 22.1. The van der Waals surface area contributed by atoms with Crippen LogP contribution in [-0.2, 0) is 19.1 Å². The third-order valence-electron chi connectivity index (χ3n) is 8.74. The number of fused-ring (bicyclic) bond motifs is 4. The molecule has 0 spiro atoms. The summed E-state index contributed by atoms with van der Waals surface area (Å²) in [5, 5.41) is 23.7. The quantitative estimate of drug-likeness (QED) is 0.286. The normalized spacial score (nSPS) is 44.1. The van der Waals surface area contributed by atoms with Crippen LogP contribution in [0.15, 0.2) is 0 Å². The summed E-state index contributed by atoms with van der Waals surface area (Å²) in [5.41, 5.74) is -1.19. The summed E-state index contributed by atoms with van der Waals surface area (Å²) in [5.74, 6) is 0.950. The Kier molecular flexibility index (Phi) is 8.37. The molecule has 2 bridgehead atoms. The highest BCUT2D eigenvalue weighted by molar-refractivity contribution is 8.00. The molecule has 6 rings (SSSR count). The summed E-state index contributed by atoms with van der Waals surface area (Å²) in [7, 11) is 0. The molecule has 12 heteroatoms. The molecule has 36 heavy (non-hydrogen) atoms. The van der Waals surface area contributed by atoms with Crippen LogP contribution in [-0.4, -0.2) is 89.0 Å². The second kappa shape index (κ2) is 11.2. The lowest BCUT2D eigenvalue weighted by Crippen LogP contribution is -2.70. The lowest BCUT2D eigenvalue weighted by Gasteiger charge is -2.56. The second-order valence-electron chi connectivity index (χ2n) is 11.1. The van der Waals surface area contributed by atoms with Gasteiger partial charge in [0, 0.05) is 24.5 Å². The first kappa shape index (κ1) is 26.9. The number of halogens is 2. The van der Waals surface area contributed by atoms with Crippen LogP contribution in [0.1, 0.15) is 57.8 Å². The molecular formula is C24H38ClFN4O5S. The fourth-order valence-corrected chi connectivity index (χ4v) is 8.20. The van der Waals surface area contributed by atoms with Crippen molar-refractivity contribution in [2.45, 2.75) is 104 Å². The van der Waals surface area contributed by atoms with Gasteiger partial charge in [-0.05, 0) is 57.1 Å². The van der Waals surface area contributed by atoms with E-state index in [2.05, 4.69) is 21.3 Å². The van der Waals surface area contributed by atoms with E-state index >= 15 is 0 Å².